The number of anilines is 1. The fourth-order valence-electron chi connectivity index (χ4n) is 3.86. The molecule has 1 aliphatic carbocycles. The monoisotopic (exact) mass is 381 g/mol. The van der Waals surface area contributed by atoms with Gasteiger partial charge in [0.05, 0.1) is 12.2 Å². The van der Waals surface area contributed by atoms with Gasteiger partial charge < -0.3 is 19.7 Å². The zero-order valence-corrected chi connectivity index (χ0v) is 16.8. The van der Waals surface area contributed by atoms with Crippen molar-refractivity contribution in [1.29, 1.82) is 0 Å². The molecule has 1 saturated carbocycles. The van der Waals surface area contributed by atoms with Gasteiger partial charge in [-0.15, -0.1) is 11.3 Å². The number of methoxy groups -OCH3 is 1. The van der Waals surface area contributed by atoms with Crippen LogP contribution in [0.4, 0.5) is 5.13 Å². The van der Waals surface area contributed by atoms with E-state index in [4.69, 9.17) is 9.47 Å². The van der Waals surface area contributed by atoms with E-state index in [9.17, 15) is 4.79 Å². The van der Waals surface area contributed by atoms with Crippen LogP contribution in [0.1, 0.15) is 55.9 Å². The van der Waals surface area contributed by atoms with E-state index < -0.39 is 0 Å². The Bertz CT molecular complexity index is 588. The van der Waals surface area contributed by atoms with Crippen molar-refractivity contribution < 1.29 is 14.3 Å². The number of carbonyl (C=O) groups excluding carboxylic acids is 1. The fourth-order valence-corrected chi connectivity index (χ4v) is 4.69. The highest BCUT2D eigenvalue weighted by Crippen LogP contribution is 2.29. The number of nitrogens with one attached hydrogen (secondary N) is 1. The molecule has 146 valence electrons. The topological polar surface area (TPSA) is 63.7 Å². The summed E-state index contributed by atoms with van der Waals surface area (Å²) in [5.74, 6) is 0.736. The summed E-state index contributed by atoms with van der Waals surface area (Å²) in [6.07, 6.45) is 7.25. The Morgan fingerprint density at radius 3 is 3.08 bits per heavy atom. The van der Waals surface area contributed by atoms with Crippen LogP contribution < -0.4 is 10.2 Å². The molecule has 0 spiro atoms. The number of hydrogen-bond donors (Lipinski definition) is 1. The van der Waals surface area contributed by atoms with Gasteiger partial charge in [-0.1, -0.05) is 25.7 Å². The maximum Gasteiger partial charge on any atom is 0.270 e. The van der Waals surface area contributed by atoms with Crippen LogP contribution in [0.5, 0.6) is 0 Å². The average molecular weight is 382 g/mol. The molecule has 2 heterocycles. The molecular formula is C19H31N3O3S. The minimum Gasteiger partial charge on any atom is -0.385 e. The molecule has 1 atom stereocenters. The predicted octanol–water partition coefficient (Wildman–Crippen LogP) is 3.09. The molecule has 1 saturated heterocycles. The van der Waals surface area contributed by atoms with E-state index in [1.807, 2.05) is 5.38 Å². The molecule has 1 aliphatic heterocycles. The Kier molecular flexibility index (Phi) is 6.89. The van der Waals surface area contributed by atoms with Crippen LogP contribution in [0.15, 0.2) is 5.38 Å². The largest absolute Gasteiger partial charge is 0.385 e. The van der Waals surface area contributed by atoms with Gasteiger partial charge >= 0.3 is 0 Å². The third-order valence-corrected chi connectivity index (χ3v) is 6.38. The summed E-state index contributed by atoms with van der Waals surface area (Å²) in [6, 6.07) is 0. The van der Waals surface area contributed by atoms with E-state index in [1.54, 1.807) is 7.11 Å². The highest BCUT2D eigenvalue weighted by Gasteiger charge is 2.33. The van der Waals surface area contributed by atoms with Gasteiger partial charge in [-0.05, 0) is 19.3 Å². The standard InChI is InChI=1S/C19H31N3O3S/c1-19(8-11-24-2)14-22(10-12-25-19)18-21-16(13-26-18)17(23)20-9-7-15-5-3-4-6-15/h13,15H,3-12,14H2,1-2H3,(H,20,23). The number of thiazole rings is 1. The summed E-state index contributed by atoms with van der Waals surface area (Å²) in [5.41, 5.74) is 0.297. The minimum absolute atomic E-state index is 0.0547. The smallest absolute Gasteiger partial charge is 0.270 e. The second kappa shape index (κ2) is 9.15. The lowest BCUT2D eigenvalue weighted by Crippen LogP contribution is -2.50. The molecule has 26 heavy (non-hydrogen) atoms. The van der Waals surface area contributed by atoms with Crippen LogP contribution in [0.3, 0.4) is 0 Å². The zero-order valence-electron chi connectivity index (χ0n) is 16.0. The van der Waals surface area contributed by atoms with Crippen molar-refractivity contribution in [3.63, 3.8) is 0 Å². The number of rotatable bonds is 8. The van der Waals surface area contributed by atoms with Crippen molar-refractivity contribution >= 4 is 22.4 Å². The van der Waals surface area contributed by atoms with Crippen LogP contribution in [0.2, 0.25) is 0 Å². The van der Waals surface area contributed by atoms with Crippen LogP contribution in [0, 0.1) is 5.92 Å². The molecule has 1 N–H and O–H groups in total. The summed E-state index contributed by atoms with van der Waals surface area (Å²) in [7, 11) is 1.71. The van der Waals surface area contributed by atoms with E-state index in [2.05, 4.69) is 22.1 Å². The van der Waals surface area contributed by atoms with E-state index in [0.717, 1.165) is 43.5 Å². The Hall–Kier alpha value is -1.18. The summed E-state index contributed by atoms with van der Waals surface area (Å²) >= 11 is 1.53. The lowest BCUT2D eigenvalue weighted by Gasteiger charge is -2.40. The first-order valence-electron chi connectivity index (χ1n) is 9.71. The molecular weight excluding hydrogens is 350 g/mol. The number of nitrogens with zero attached hydrogens (tertiary/aromatic N) is 2. The molecule has 2 fully saturated rings. The van der Waals surface area contributed by atoms with Gasteiger partial charge in [-0.2, -0.15) is 0 Å². The van der Waals surface area contributed by atoms with Crippen LogP contribution in [-0.4, -0.2) is 56.5 Å². The summed E-state index contributed by atoms with van der Waals surface area (Å²) in [4.78, 5) is 19.2. The summed E-state index contributed by atoms with van der Waals surface area (Å²) < 4.78 is 11.1. The van der Waals surface area contributed by atoms with Gasteiger partial charge in [0, 0.05) is 45.2 Å². The number of carbonyl (C=O) groups is 1. The van der Waals surface area contributed by atoms with E-state index in [1.165, 1.54) is 37.0 Å². The van der Waals surface area contributed by atoms with Crippen LogP contribution >= 0.6 is 11.3 Å². The number of aromatic nitrogens is 1. The molecule has 1 amide bonds. The van der Waals surface area contributed by atoms with Gasteiger partial charge in [0.15, 0.2) is 5.13 Å². The first-order valence-corrected chi connectivity index (χ1v) is 10.6. The van der Waals surface area contributed by atoms with Crippen LogP contribution in [0.25, 0.3) is 0 Å². The van der Waals surface area contributed by atoms with Crippen molar-refractivity contribution in [2.75, 3.05) is 44.9 Å². The maximum atomic E-state index is 12.4. The SMILES string of the molecule is COCCC1(C)CN(c2nc(C(=O)NCCC3CCCC3)cs2)CCO1. The third-order valence-electron chi connectivity index (χ3n) is 5.48. The Morgan fingerprint density at radius 2 is 2.31 bits per heavy atom. The molecule has 0 radical (unpaired) electrons. The van der Waals surface area contributed by atoms with Gasteiger partial charge in [-0.3, -0.25) is 4.79 Å². The first kappa shape index (κ1) is 19.6. The Morgan fingerprint density at radius 1 is 1.50 bits per heavy atom. The Balaban J connectivity index is 1.50. The number of amides is 1. The van der Waals surface area contributed by atoms with Crippen molar-refractivity contribution in [3.05, 3.63) is 11.1 Å². The van der Waals surface area contributed by atoms with Gasteiger partial charge in [0.2, 0.25) is 0 Å². The highest BCUT2D eigenvalue weighted by molar-refractivity contribution is 7.13. The van der Waals surface area contributed by atoms with Crippen molar-refractivity contribution in [3.8, 4) is 0 Å². The maximum absolute atomic E-state index is 12.4. The summed E-state index contributed by atoms with van der Waals surface area (Å²) in [5, 5.41) is 5.80. The molecule has 0 bridgehead atoms. The molecule has 1 aromatic rings. The normalized spacial score (nSPS) is 24.2. The van der Waals surface area contributed by atoms with Gasteiger partial charge in [-0.25, -0.2) is 4.98 Å². The number of ether oxygens (including phenoxy) is 2. The lowest BCUT2D eigenvalue weighted by molar-refractivity contribution is -0.0584. The van der Waals surface area contributed by atoms with E-state index >= 15 is 0 Å². The quantitative estimate of drug-likeness (QED) is 0.750. The number of hydrogen-bond acceptors (Lipinski definition) is 6. The van der Waals surface area contributed by atoms with E-state index in [0.29, 0.717) is 18.9 Å². The second-order valence-electron chi connectivity index (χ2n) is 7.67. The first-order chi connectivity index (χ1) is 12.6. The molecule has 6 nitrogen and oxygen atoms in total. The molecule has 3 rings (SSSR count). The Labute approximate surface area is 160 Å². The molecule has 1 unspecified atom stereocenters. The van der Waals surface area contributed by atoms with Gasteiger partial charge in [0.25, 0.3) is 5.91 Å². The summed E-state index contributed by atoms with van der Waals surface area (Å²) in [6.45, 7) is 5.79. The van der Waals surface area contributed by atoms with Gasteiger partial charge in [0.1, 0.15) is 5.69 Å². The van der Waals surface area contributed by atoms with Crippen molar-refractivity contribution in [2.45, 2.75) is 51.0 Å². The molecule has 2 aliphatic rings. The highest BCUT2D eigenvalue weighted by atomic mass is 32.1. The van der Waals surface area contributed by atoms with E-state index in [-0.39, 0.29) is 11.5 Å². The average Bonchev–Trinajstić information content (AvgIpc) is 3.32. The van der Waals surface area contributed by atoms with Crippen molar-refractivity contribution in [1.82, 2.24) is 10.3 Å². The molecule has 1 aromatic heterocycles. The lowest BCUT2D eigenvalue weighted by atomic mass is 10.0. The van der Waals surface area contributed by atoms with Crippen LogP contribution in [-0.2, 0) is 9.47 Å². The van der Waals surface area contributed by atoms with Crippen molar-refractivity contribution in [2.24, 2.45) is 5.92 Å². The molecule has 0 aromatic carbocycles. The fraction of sp³-hybridized carbons (Fsp3) is 0.789. The molecule has 7 heteroatoms. The second-order valence-corrected chi connectivity index (χ2v) is 8.51. The number of morpholine rings is 1. The predicted molar refractivity (Wildman–Crippen MR) is 104 cm³/mol. The zero-order chi connectivity index (χ0) is 18.4. The minimum atomic E-state index is -0.233. The third kappa shape index (κ3) is 5.18.